The summed E-state index contributed by atoms with van der Waals surface area (Å²) in [7, 11) is 0. The summed E-state index contributed by atoms with van der Waals surface area (Å²) in [6.07, 6.45) is 0. The molecule has 0 spiro atoms. The van der Waals surface area contributed by atoms with E-state index in [1.807, 2.05) is 17.0 Å². The van der Waals surface area contributed by atoms with Gasteiger partial charge in [-0.2, -0.15) is 0 Å². The van der Waals surface area contributed by atoms with E-state index in [2.05, 4.69) is 24.4 Å². The summed E-state index contributed by atoms with van der Waals surface area (Å²) in [5.41, 5.74) is 1.08. The van der Waals surface area contributed by atoms with Gasteiger partial charge in [0.1, 0.15) is 6.04 Å². The van der Waals surface area contributed by atoms with Crippen LogP contribution in [0.2, 0.25) is 0 Å². The minimum atomic E-state index is -0.859. The number of thioether (sulfide) groups is 1. The Hall–Kier alpha value is -1.53. The summed E-state index contributed by atoms with van der Waals surface area (Å²) in [6.45, 7) is 6.71. The standard InChI is InChI=1S/C16H24N2O3S/c1-4-22-15-7-5-6-14(10-15)11-18(12(2)16(20)21)9-8-17-13(3)19/h5-7,10,12H,4,8-9,11H2,1-3H3,(H,17,19)(H,20,21). The molecule has 0 fully saturated rings. The highest BCUT2D eigenvalue weighted by Crippen LogP contribution is 2.20. The summed E-state index contributed by atoms with van der Waals surface area (Å²) in [5, 5.41) is 12.0. The van der Waals surface area contributed by atoms with E-state index in [-0.39, 0.29) is 5.91 Å². The number of nitrogens with zero attached hydrogens (tertiary/aromatic N) is 1. The Kier molecular flexibility index (Phi) is 7.98. The zero-order valence-electron chi connectivity index (χ0n) is 13.3. The number of hydrogen-bond donors (Lipinski definition) is 2. The molecule has 1 aromatic rings. The summed E-state index contributed by atoms with van der Waals surface area (Å²) < 4.78 is 0. The van der Waals surface area contributed by atoms with Gasteiger partial charge in [-0.05, 0) is 30.4 Å². The quantitative estimate of drug-likeness (QED) is 0.682. The lowest BCUT2D eigenvalue weighted by atomic mass is 10.2. The lowest BCUT2D eigenvalue weighted by Crippen LogP contribution is -2.42. The number of carbonyl (C=O) groups is 2. The fraction of sp³-hybridized carbons (Fsp3) is 0.500. The number of amides is 1. The van der Waals surface area contributed by atoms with Crippen LogP contribution < -0.4 is 5.32 Å². The first-order chi connectivity index (χ1) is 10.4. The molecule has 2 N–H and O–H groups in total. The van der Waals surface area contributed by atoms with E-state index in [9.17, 15) is 14.7 Å². The average Bonchev–Trinajstić information content (AvgIpc) is 2.45. The van der Waals surface area contributed by atoms with E-state index >= 15 is 0 Å². The van der Waals surface area contributed by atoms with Crippen LogP contribution in [-0.4, -0.2) is 46.8 Å². The molecule has 0 aliphatic rings. The van der Waals surface area contributed by atoms with Gasteiger partial charge >= 0.3 is 5.97 Å². The molecule has 0 bridgehead atoms. The van der Waals surface area contributed by atoms with Crippen LogP contribution in [0.3, 0.4) is 0 Å². The van der Waals surface area contributed by atoms with Gasteiger partial charge in [-0.15, -0.1) is 11.8 Å². The van der Waals surface area contributed by atoms with E-state index < -0.39 is 12.0 Å². The lowest BCUT2D eigenvalue weighted by molar-refractivity contribution is -0.142. The van der Waals surface area contributed by atoms with Crippen molar-refractivity contribution in [2.45, 2.75) is 38.3 Å². The first-order valence-electron chi connectivity index (χ1n) is 7.37. The fourth-order valence-corrected chi connectivity index (χ4v) is 2.82. The number of aliphatic carboxylic acids is 1. The summed E-state index contributed by atoms with van der Waals surface area (Å²) in [4.78, 5) is 25.3. The molecule has 0 aromatic heterocycles. The van der Waals surface area contributed by atoms with Crippen LogP contribution in [0.5, 0.6) is 0 Å². The minimum Gasteiger partial charge on any atom is -0.480 e. The van der Waals surface area contributed by atoms with Crippen LogP contribution in [0.25, 0.3) is 0 Å². The number of hydrogen-bond acceptors (Lipinski definition) is 4. The highest BCUT2D eigenvalue weighted by molar-refractivity contribution is 7.99. The fourth-order valence-electron chi connectivity index (χ4n) is 2.08. The van der Waals surface area contributed by atoms with E-state index in [4.69, 9.17) is 0 Å². The van der Waals surface area contributed by atoms with Crippen molar-refractivity contribution in [1.29, 1.82) is 0 Å². The zero-order chi connectivity index (χ0) is 16.5. The maximum absolute atomic E-state index is 11.3. The molecule has 1 amide bonds. The van der Waals surface area contributed by atoms with Gasteiger partial charge in [0, 0.05) is 31.5 Å². The van der Waals surface area contributed by atoms with Crippen molar-refractivity contribution in [3.63, 3.8) is 0 Å². The Labute approximate surface area is 136 Å². The lowest BCUT2D eigenvalue weighted by Gasteiger charge is -2.26. The Morgan fingerprint density at radius 2 is 2.14 bits per heavy atom. The molecule has 0 radical (unpaired) electrons. The summed E-state index contributed by atoms with van der Waals surface area (Å²) >= 11 is 1.76. The number of carboxylic acid groups (broad SMARTS) is 1. The van der Waals surface area contributed by atoms with Gasteiger partial charge in [0.05, 0.1) is 0 Å². The smallest absolute Gasteiger partial charge is 0.320 e. The van der Waals surface area contributed by atoms with Crippen molar-refractivity contribution in [2.75, 3.05) is 18.8 Å². The molecule has 0 saturated carbocycles. The van der Waals surface area contributed by atoms with Crippen molar-refractivity contribution < 1.29 is 14.7 Å². The first kappa shape index (κ1) is 18.5. The molecule has 0 saturated heterocycles. The van der Waals surface area contributed by atoms with Gasteiger partial charge in [-0.25, -0.2) is 0 Å². The zero-order valence-corrected chi connectivity index (χ0v) is 14.2. The largest absolute Gasteiger partial charge is 0.480 e. The van der Waals surface area contributed by atoms with Crippen LogP contribution >= 0.6 is 11.8 Å². The predicted molar refractivity (Wildman–Crippen MR) is 89.0 cm³/mol. The molecule has 6 heteroatoms. The Balaban J connectivity index is 2.76. The van der Waals surface area contributed by atoms with Crippen molar-refractivity contribution in [1.82, 2.24) is 10.2 Å². The van der Waals surface area contributed by atoms with Crippen LogP contribution in [0.4, 0.5) is 0 Å². The third-order valence-corrected chi connectivity index (χ3v) is 4.15. The van der Waals surface area contributed by atoms with Gasteiger partial charge in [0.15, 0.2) is 0 Å². The molecule has 1 unspecified atom stereocenters. The summed E-state index contributed by atoms with van der Waals surface area (Å²) in [5.74, 6) is 0.0347. The van der Waals surface area contributed by atoms with Gasteiger partial charge < -0.3 is 10.4 Å². The molecule has 0 aliphatic heterocycles. The first-order valence-corrected chi connectivity index (χ1v) is 8.35. The monoisotopic (exact) mass is 324 g/mol. The van der Waals surface area contributed by atoms with E-state index in [1.54, 1.807) is 18.7 Å². The maximum atomic E-state index is 11.3. The number of nitrogens with one attached hydrogen (secondary N) is 1. The Morgan fingerprint density at radius 1 is 1.41 bits per heavy atom. The van der Waals surface area contributed by atoms with Crippen molar-refractivity contribution >= 4 is 23.6 Å². The SMILES string of the molecule is CCSc1cccc(CN(CCNC(C)=O)C(C)C(=O)O)c1. The average molecular weight is 324 g/mol. The third-order valence-electron chi connectivity index (χ3n) is 3.27. The normalized spacial score (nSPS) is 12.2. The van der Waals surface area contributed by atoms with Gasteiger partial charge in [0.2, 0.25) is 5.91 Å². The van der Waals surface area contributed by atoms with Gasteiger partial charge in [-0.1, -0.05) is 19.1 Å². The van der Waals surface area contributed by atoms with Crippen LogP contribution in [0.1, 0.15) is 26.3 Å². The van der Waals surface area contributed by atoms with E-state index in [0.29, 0.717) is 19.6 Å². The molecule has 22 heavy (non-hydrogen) atoms. The minimum absolute atomic E-state index is 0.107. The second-order valence-corrected chi connectivity index (χ2v) is 6.39. The second-order valence-electron chi connectivity index (χ2n) is 5.05. The van der Waals surface area contributed by atoms with Crippen LogP contribution in [-0.2, 0) is 16.1 Å². The summed E-state index contributed by atoms with van der Waals surface area (Å²) in [6, 6.07) is 7.54. The second kappa shape index (κ2) is 9.48. The van der Waals surface area contributed by atoms with Crippen molar-refractivity contribution in [3.8, 4) is 0 Å². The Morgan fingerprint density at radius 3 is 2.73 bits per heavy atom. The van der Waals surface area contributed by atoms with Crippen molar-refractivity contribution in [3.05, 3.63) is 29.8 Å². The molecular weight excluding hydrogens is 300 g/mol. The van der Waals surface area contributed by atoms with E-state index in [1.165, 1.54) is 11.8 Å². The highest BCUT2D eigenvalue weighted by Gasteiger charge is 2.20. The predicted octanol–water partition coefficient (Wildman–Crippen LogP) is 2.21. The van der Waals surface area contributed by atoms with Crippen LogP contribution in [0.15, 0.2) is 29.2 Å². The van der Waals surface area contributed by atoms with Crippen LogP contribution in [0, 0.1) is 0 Å². The Bertz CT molecular complexity index is 508. The highest BCUT2D eigenvalue weighted by atomic mass is 32.2. The molecule has 0 heterocycles. The van der Waals surface area contributed by atoms with E-state index in [0.717, 1.165) is 11.3 Å². The number of carbonyl (C=O) groups excluding carboxylic acids is 1. The maximum Gasteiger partial charge on any atom is 0.320 e. The topological polar surface area (TPSA) is 69.6 Å². The molecule has 0 aliphatic carbocycles. The van der Waals surface area contributed by atoms with Gasteiger partial charge in [-0.3, -0.25) is 14.5 Å². The molecule has 5 nitrogen and oxygen atoms in total. The molecule has 1 aromatic carbocycles. The third kappa shape index (κ3) is 6.49. The number of carboxylic acids is 1. The number of rotatable bonds is 9. The molecule has 1 rings (SSSR count). The van der Waals surface area contributed by atoms with Crippen molar-refractivity contribution in [2.24, 2.45) is 0 Å². The number of benzene rings is 1. The molecular formula is C16H24N2O3S. The molecule has 122 valence electrons. The van der Waals surface area contributed by atoms with Gasteiger partial charge in [0.25, 0.3) is 0 Å². The molecule has 1 atom stereocenters.